The van der Waals surface area contributed by atoms with Crippen LogP contribution in [-0.4, -0.2) is 68.3 Å². The summed E-state index contributed by atoms with van der Waals surface area (Å²) in [7, 11) is -2.56. The summed E-state index contributed by atoms with van der Waals surface area (Å²) in [6.07, 6.45) is 2.64. The Morgan fingerprint density at radius 1 is 0.946 bits per heavy atom. The van der Waals surface area contributed by atoms with Crippen LogP contribution in [0.5, 0.6) is 5.75 Å². The summed E-state index contributed by atoms with van der Waals surface area (Å²) in [6.45, 7) is 1.64. The summed E-state index contributed by atoms with van der Waals surface area (Å²) in [5.74, 6) is -1.20. The molecular formula is C27H32N2O7S. The fourth-order valence-corrected chi connectivity index (χ4v) is 6.60. The van der Waals surface area contributed by atoms with E-state index in [-0.39, 0.29) is 36.2 Å². The molecule has 0 spiro atoms. The van der Waals surface area contributed by atoms with Crippen molar-refractivity contribution in [1.82, 2.24) is 9.21 Å². The lowest BCUT2D eigenvalue weighted by atomic mass is 9.92. The molecule has 10 heteroatoms. The zero-order chi connectivity index (χ0) is 26.4. The van der Waals surface area contributed by atoms with Gasteiger partial charge < -0.3 is 14.4 Å². The van der Waals surface area contributed by atoms with E-state index in [0.717, 1.165) is 18.4 Å². The van der Waals surface area contributed by atoms with Crippen molar-refractivity contribution in [2.75, 3.05) is 26.7 Å². The van der Waals surface area contributed by atoms with Gasteiger partial charge in [0.1, 0.15) is 5.75 Å². The molecular weight excluding hydrogens is 496 g/mol. The van der Waals surface area contributed by atoms with Gasteiger partial charge in [-0.15, -0.1) is 0 Å². The minimum Gasteiger partial charge on any atom is -0.469 e. The average molecular weight is 529 g/mol. The molecule has 0 radical (unpaired) electrons. The second-order valence-corrected chi connectivity index (χ2v) is 11.3. The van der Waals surface area contributed by atoms with E-state index in [1.807, 2.05) is 0 Å². The maximum Gasteiger partial charge on any atom is 0.415 e. The Morgan fingerprint density at radius 3 is 2.27 bits per heavy atom. The Morgan fingerprint density at radius 2 is 1.62 bits per heavy atom. The highest BCUT2D eigenvalue weighted by molar-refractivity contribution is 7.89. The highest BCUT2D eigenvalue weighted by atomic mass is 32.2. The van der Waals surface area contributed by atoms with Crippen molar-refractivity contribution in [3.05, 3.63) is 60.2 Å². The van der Waals surface area contributed by atoms with Crippen molar-refractivity contribution < 1.29 is 32.3 Å². The predicted octanol–water partition coefficient (Wildman–Crippen LogP) is 3.43. The molecule has 2 saturated heterocycles. The smallest absolute Gasteiger partial charge is 0.415 e. The molecule has 2 fully saturated rings. The van der Waals surface area contributed by atoms with E-state index in [1.165, 1.54) is 23.5 Å². The van der Waals surface area contributed by atoms with Crippen LogP contribution < -0.4 is 4.74 Å². The summed E-state index contributed by atoms with van der Waals surface area (Å²) >= 11 is 0. The topological polar surface area (TPSA) is 110 Å². The van der Waals surface area contributed by atoms with Gasteiger partial charge in [0.25, 0.3) is 0 Å². The third-order valence-corrected chi connectivity index (χ3v) is 8.80. The molecule has 0 unspecified atom stereocenters. The lowest BCUT2D eigenvalue weighted by Crippen LogP contribution is -2.41. The van der Waals surface area contributed by atoms with E-state index < -0.39 is 28.0 Å². The van der Waals surface area contributed by atoms with E-state index in [1.54, 1.807) is 47.4 Å². The van der Waals surface area contributed by atoms with Crippen LogP contribution in [0.2, 0.25) is 0 Å². The summed E-state index contributed by atoms with van der Waals surface area (Å²) in [5.41, 5.74) is 0.768. The van der Waals surface area contributed by atoms with Crippen molar-refractivity contribution in [3.8, 4) is 5.75 Å². The first-order valence-corrected chi connectivity index (χ1v) is 14.0. The van der Waals surface area contributed by atoms with Crippen LogP contribution in [-0.2, 0) is 30.8 Å². The zero-order valence-electron chi connectivity index (χ0n) is 20.9. The van der Waals surface area contributed by atoms with Crippen LogP contribution in [0.1, 0.15) is 37.7 Å². The van der Waals surface area contributed by atoms with Crippen LogP contribution in [0.25, 0.3) is 0 Å². The van der Waals surface area contributed by atoms with Crippen molar-refractivity contribution in [2.45, 2.75) is 49.5 Å². The molecule has 37 heavy (non-hydrogen) atoms. The molecule has 0 aliphatic carbocycles. The van der Waals surface area contributed by atoms with Gasteiger partial charge >= 0.3 is 12.1 Å². The fourth-order valence-electron chi connectivity index (χ4n) is 4.90. The first-order chi connectivity index (χ1) is 17.8. The number of sulfonamides is 1. The van der Waals surface area contributed by atoms with E-state index in [4.69, 9.17) is 9.47 Å². The Labute approximate surface area is 217 Å². The van der Waals surface area contributed by atoms with Crippen LogP contribution in [0.3, 0.4) is 0 Å². The molecule has 9 nitrogen and oxygen atoms in total. The minimum absolute atomic E-state index is 0.135. The van der Waals surface area contributed by atoms with E-state index in [9.17, 15) is 22.8 Å². The number of amides is 1. The quantitative estimate of drug-likeness (QED) is 0.459. The first-order valence-electron chi connectivity index (χ1n) is 12.5. The van der Waals surface area contributed by atoms with Crippen molar-refractivity contribution in [1.29, 1.82) is 0 Å². The second-order valence-electron chi connectivity index (χ2n) is 9.39. The lowest BCUT2D eigenvalue weighted by molar-refractivity contribution is -0.147. The molecule has 1 amide bonds. The summed E-state index contributed by atoms with van der Waals surface area (Å²) in [4.78, 5) is 39.8. The van der Waals surface area contributed by atoms with Gasteiger partial charge in [-0.05, 0) is 61.9 Å². The lowest BCUT2D eigenvalue weighted by Gasteiger charge is -2.24. The van der Waals surface area contributed by atoms with Crippen LogP contribution in [0.15, 0.2) is 59.5 Å². The standard InChI is InChI=1S/C27H32N2O7S/c1-35-26(31)21(18-20-11-13-22(14-12-20)36-27(32)28-15-5-6-16-28)19-25(30)24-10-7-17-29(24)37(33,34)23-8-3-2-4-9-23/h2-4,8-9,11-14,21,24H,5-7,10,15-19H2,1H3/t21-,24+/m1/s1. The van der Waals surface area contributed by atoms with Gasteiger partial charge in [0.15, 0.2) is 5.78 Å². The monoisotopic (exact) mass is 528 g/mol. The van der Waals surface area contributed by atoms with Gasteiger partial charge in [-0.1, -0.05) is 30.3 Å². The van der Waals surface area contributed by atoms with E-state index >= 15 is 0 Å². The van der Waals surface area contributed by atoms with Gasteiger partial charge in [0.2, 0.25) is 10.0 Å². The Balaban J connectivity index is 1.42. The molecule has 0 aromatic heterocycles. The number of likely N-dealkylation sites (tertiary alicyclic amines) is 1. The van der Waals surface area contributed by atoms with Crippen molar-refractivity contribution in [3.63, 3.8) is 0 Å². The maximum atomic E-state index is 13.3. The van der Waals surface area contributed by atoms with E-state index in [0.29, 0.717) is 31.7 Å². The summed E-state index contributed by atoms with van der Waals surface area (Å²) < 4.78 is 37.9. The van der Waals surface area contributed by atoms with Crippen LogP contribution in [0.4, 0.5) is 4.79 Å². The van der Waals surface area contributed by atoms with Gasteiger partial charge in [-0.2, -0.15) is 4.31 Å². The maximum absolute atomic E-state index is 13.3. The third-order valence-electron chi connectivity index (χ3n) is 6.88. The number of ether oxygens (including phenoxy) is 2. The van der Waals surface area contributed by atoms with Crippen LogP contribution >= 0.6 is 0 Å². The highest BCUT2D eigenvalue weighted by Gasteiger charge is 2.40. The summed E-state index contributed by atoms with van der Waals surface area (Å²) in [5, 5.41) is 0. The predicted molar refractivity (Wildman–Crippen MR) is 135 cm³/mol. The van der Waals surface area contributed by atoms with Gasteiger partial charge in [-0.25, -0.2) is 13.2 Å². The number of methoxy groups -OCH3 is 1. The second kappa shape index (κ2) is 11.9. The van der Waals surface area contributed by atoms with Crippen molar-refractivity contribution in [2.24, 2.45) is 5.92 Å². The zero-order valence-corrected chi connectivity index (χ0v) is 21.7. The molecule has 0 bridgehead atoms. The van der Waals surface area contributed by atoms with Crippen molar-refractivity contribution >= 4 is 27.9 Å². The molecule has 198 valence electrons. The Bertz CT molecular complexity index is 1210. The first kappa shape index (κ1) is 26.8. The number of carbonyl (C=O) groups is 3. The molecule has 4 rings (SSSR count). The molecule has 2 aliphatic rings. The van der Waals surface area contributed by atoms with Gasteiger partial charge in [-0.3, -0.25) is 9.59 Å². The number of Topliss-reactive ketones (excluding diaryl/α,β-unsaturated/α-hetero) is 1. The third kappa shape index (κ3) is 6.37. The Hall–Kier alpha value is -3.24. The molecule has 2 aromatic rings. The molecule has 2 atom stereocenters. The largest absolute Gasteiger partial charge is 0.469 e. The number of hydrogen-bond donors (Lipinski definition) is 0. The van der Waals surface area contributed by atoms with Gasteiger partial charge in [0.05, 0.1) is 24.0 Å². The molecule has 0 saturated carbocycles. The number of esters is 1. The summed E-state index contributed by atoms with van der Waals surface area (Å²) in [6, 6.07) is 14.0. The number of carbonyl (C=O) groups excluding carboxylic acids is 3. The number of ketones is 1. The molecule has 2 heterocycles. The molecule has 2 aromatic carbocycles. The number of rotatable bonds is 9. The minimum atomic E-state index is -3.82. The highest BCUT2D eigenvalue weighted by Crippen LogP contribution is 2.29. The van der Waals surface area contributed by atoms with Gasteiger partial charge in [0, 0.05) is 26.1 Å². The molecule has 2 aliphatic heterocycles. The Kier molecular flexibility index (Phi) is 8.60. The number of benzene rings is 2. The number of nitrogens with zero attached hydrogens (tertiary/aromatic N) is 2. The average Bonchev–Trinajstić information content (AvgIpc) is 3.62. The number of hydrogen-bond acceptors (Lipinski definition) is 7. The SMILES string of the molecule is COC(=O)[C@@H](CC(=O)[C@@H]1CCCN1S(=O)(=O)c1ccccc1)Cc1ccc(OC(=O)N2CCCC2)cc1. The normalized spacial score (nSPS) is 18.9. The van der Waals surface area contributed by atoms with Crippen LogP contribution in [0, 0.1) is 5.92 Å². The molecule has 0 N–H and O–H groups in total. The fraction of sp³-hybridized carbons (Fsp3) is 0.444. The van der Waals surface area contributed by atoms with E-state index in [2.05, 4.69) is 0 Å².